The molecule has 1 N–H and O–H groups in total. The lowest BCUT2D eigenvalue weighted by molar-refractivity contribution is -0.137. The predicted molar refractivity (Wildman–Crippen MR) is 110 cm³/mol. The number of nitrogens with one attached hydrogen (secondary N) is 1. The van der Waals surface area contributed by atoms with Gasteiger partial charge in [0.2, 0.25) is 0 Å². The zero-order valence-electron chi connectivity index (χ0n) is 17.3. The third-order valence-corrected chi connectivity index (χ3v) is 5.50. The molecule has 5 heterocycles. The fourth-order valence-electron chi connectivity index (χ4n) is 3.96. The summed E-state index contributed by atoms with van der Waals surface area (Å²) in [5.41, 5.74) is 1.94. The van der Waals surface area contributed by atoms with Gasteiger partial charge in [0.1, 0.15) is 23.3 Å². The number of morpholine rings is 1. The largest absolute Gasteiger partial charge is 0.417 e. The summed E-state index contributed by atoms with van der Waals surface area (Å²) in [4.78, 5) is 15.2. The lowest BCUT2D eigenvalue weighted by Crippen LogP contribution is -2.43. The average molecular weight is 443 g/mol. The maximum absolute atomic E-state index is 13.2. The van der Waals surface area contributed by atoms with Crippen molar-refractivity contribution >= 4 is 11.5 Å². The molecule has 0 amide bonds. The van der Waals surface area contributed by atoms with Crippen molar-refractivity contribution in [3.05, 3.63) is 59.8 Å². The van der Waals surface area contributed by atoms with Gasteiger partial charge in [0.15, 0.2) is 5.82 Å². The molecule has 0 aromatic carbocycles. The van der Waals surface area contributed by atoms with Crippen LogP contribution in [-0.4, -0.2) is 48.7 Å². The van der Waals surface area contributed by atoms with Crippen LogP contribution in [0.25, 0.3) is 17.2 Å². The molecule has 11 heteroatoms. The fourth-order valence-corrected chi connectivity index (χ4v) is 3.96. The van der Waals surface area contributed by atoms with E-state index in [4.69, 9.17) is 4.74 Å². The number of halogens is 3. The number of ether oxygens (including phenoxy) is 1. The Morgan fingerprint density at radius 1 is 1.12 bits per heavy atom. The van der Waals surface area contributed by atoms with Crippen LogP contribution < -0.4 is 4.90 Å². The summed E-state index contributed by atoms with van der Waals surface area (Å²) in [6.07, 6.45) is 1.17. The normalized spacial score (nSPS) is 19.6. The zero-order valence-corrected chi connectivity index (χ0v) is 17.3. The van der Waals surface area contributed by atoms with Crippen molar-refractivity contribution in [3.8, 4) is 11.5 Å². The molecule has 32 heavy (non-hydrogen) atoms. The Balaban J connectivity index is 1.49. The van der Waals surface area contributed by atoms with E-state index in [0.717, 1.165) is 23.5 Å². The van der Waals surface area contributed by atoms with Gasteiger partial charge in [-0.15, -0.1) is 0 Å². The number of aromatic amines is 1. The van der Waals surface area contributed by atoms with Crippen LogP contribution >= 0.6 is 0 Å². The Hall–Kier alpha value is -3.47. The Morgan fingerprint density at radius 3 is 2.72 bits per heavy atom. The number of fused-ring (bicyclic) bond motifs is 1. The summed E-state index contributed by atoms with van der Waals surface area (Å²) < 4.78 is 47.0. The molecule has 1 fully saturated rings. The van der Waals surface area contributed by atoms with Crippen molar-refractivity contribution in [2.75, 3.05) is 18.0 Å². The van der Waals surface area contributed by atoms with Crippen LogP contribution in [0, 0.1) is 6.92 Å². The molecule has 4 aromatic rings. The molecule has 5 rings (SSSR count). The summed E-state index contributed by atoms with van der Waals surface area (Å²) in [6, 6.07) is 4.12. The molecule has 0 aliphatic carbocycles. The summed E-state index contributed by atoms with van der Waals surface area (Å²) >= 11 is 0. The van der Waals surface area contributed by atoms with E-state index in [0.29, 0.717) is 36.1 Å². The maximum Gasteiger partial charge on any atom is 0.417 e. The van der Waals surface area contributed by atoms with Gasteiger partial charge < -0.3 is 9.64 Å². The first kappa shape index (κ1) is 20.4. The van der Waals surface area contributed by atoms with E-state index in [2.05, 4.69) is 30.0 Å². The third kappa shape index (κ3) is 3.68. The average Bonchev–Trinajstić information content (AvgIpc) is 3.38. The van der Waals surface area contributed by atoms with Crippen LogP contribution in [-0.2, 0) is 10.9 Å². The van der Waals surface area contributed by atoms with Crippen LogP contribution in [0.2, 0.25) is 0 Å². The van der Waals surface area contributed by atoms with Crippen molar-refractivity contribution in [2.45, 2.75) is 32.2 Å². The Bertz CT molecular complexity index is 1270. The number of H-pyrrole nitrogens is 1. The highest BCUT2D eigenvalue weighted by Crippen LogP contribution is 2.32. The van der Waals surface area contributed by atoms with Gasteiger partial charge in [-0.3, -0.25) is 9.50 Å². The lowest BCUT2D eigenvalue weighted by Gasteiger charge is -2.37. The first-order valence-corrected chi connectivity index (χ1v) is 10.1. The van der Waals surface area contributed by atoms with E-state index < -0.39 is 11.7 Å². The number of hydrogen-bond donors (Lipinski definition) is 1. The molecule has 0 spiro atoms. The Morgan fingerprint density at radius 2 is 1.97 bits per heavy atom. The van der Waals surface area contributed by atoms with Gasteiger partial charge in [-0.25, -0.2) is 15.0 Å². The van der Waals surface area contributed by atoms with Crippen LogP contribution in [0.15, 0.2) is 43.0 Å². The van der Waals surface area contributed by atoms with Gasteiger partial charge in [-0.1, -0.05) is 0 Å². The van der Waals surface area contributed by atoms with Gasteiger partial charge in [-0.05, 0) is 32.0 Å². The van der Waals surface area contributed by atoms with Crippen molar-refractivity contribution in [1.29, 1.82) is 0 Å². The van der Waals surface area contributed by atoms with Crippen LogP contribution in [0.1, 0.15) is 29.8 Å². The predicted octanol–water partition coefficient (Wildman–Crippen LogP) is 3.81. The minimum absolute atomic E-state index is 0.0494. The van der Waals surface area contributed by atoms with Crippen molar-refractivity contribution in [3.63, 3.8) is 0 Å². The molecule has 0 bridgehead atoms. The van der Waals surface area contributed by atoms with Gasteiger partial charge in [0.05, 0.1) is 30.6 Å². The second-order valence-corrected chi connectivity index (χ2v) is 7.82. The van der Waals surface area contributed by atoms with E-state index in [-0.39, 0.29) is 12.2 Å². The topological polar surface area (TPSA) is 84.2 Å². The first-order chi connectivity index (χ1) is 15.3. The van der Waals surface area contributed by atoms with Crippen molar-refractivity contribution in [1.82, 2.24) is 29.5 Å². The van der Waals surface area contributed by atoms with Crippen LogP contribution in [0.5, 0.6) is 0 Å². The van der Waals surface area contributed by atoms with Crippen LogP contribution in [0.4, 0.5) is 19.0 Å². The minimum Gasteiger partial charge on any atom is -0.367 e. The minimum atomic E-state index is -4.46. The molecule has 1 aliphatic rings. The number of aromatic nitrogens is 6. The van der Waals surface area contributed by atoms with E-state index in [1.54, 1.807) is 18.5 Å². The third-order valence-electron chi connectivity index (χ3n) is 5.50. The van der Waals surface area contributed by atoms with Gasteiger partial charge in [0, 0.05) is 30.2 Å². The van der Waals surface area contributed by atoms with Gasteiger partial charge >= 0.3 is 6.18 Å². The highest BCUT2D eigenvalue weighted by Gasteiger charge is 2.32. The van der Waals surface area contributed by atoms with Crippen molar-refractivity contribution in [2.24, 2.45) is 0 Å². The number of aryl methyl sites for hydroxylation is 1. The van der Waals surface area contributed by atoms with E-state index >= 15 is 0 Å². The van der Waals surface area contributed by atoms with Crippen LogP contribution in [0.3, 0.4) is 0 Å². The monoisotopic (exact) mass is 443 g/mol. The standard InChI is InChI=1S/C21H20F3N7O/c1-12-9-30(11-17(32-12)15-7-27-29-13(15)2)19-5-6-25-20(28-19)16-8-26-18-4-3-14(10-31(16)18)21(22,23)24/h3-8,10,12,17H,9,11H2,1-2H3,(H,27,29)/t12-,17+/m0/s1. The Labute approximate surface area is 181 Å². The van der Waals surface area contributed by atoms with E-state index in [1.807, 2.05) is 13.8 Å². The maximum atomic E-state index is 13.2. The molecule has 166 valence electrons. The number of hydrogen-bond acceptors (Lipinski definition) is 6. The quantitative estimate of drug-likeness (QED) is 0.519. The lowest BCUT2D eigenvalue weighted by atomic mass is 10.1. The number of nitrogens with zero attached hydrogens (tertiary/aromatic N) is 6. The molecule has 4 aromatic heterocycles. The zero-order chi connectivity index (χ0) is 22.5. The van der Waals surface area contributed by atoms with Gasteiger partial charge in [0.25, 0.3) is 0 Å². The number of rotatable bonds is 3. The highest BCUT2D eigenvalue weighted by atomic mass is 19.4. The van der Waals surface area contributed by atoms with Gasteiger partial charge in [-0.2, -0.15) is 18.3 Å². The second-order valence-electron chi connectivity index (χ2n) is 7.82. The molecular weight excluding hydrogens is 423 g/mol. The molecular formula is C21H20F3N7O. The number of imidazole rings is 1. The first-order valence-electron chi connectivity index (χ1n) is 10.1. The molecule has 0 unspecified atom stereocenters. The molecule has 2 atom stereocenters. The summed E-state index contributed by atoms with van der Waals surface area (Å²) in [5.74, 6) is 0.961. The molecule has 0 radical (unpaired) electrons. The number of alkyl halides is 3. The number of anilines is 1. The highest BCUT2D eigenvalue weighted by molar-refractivity contribution is 5.59. The summed E-state index contributed by atoms with van der Waals surface area (Å²) in [6.45, 7) is 5.11. The van der Waals surface area contributed by atoms with E-state index in [9.17, 15) is 13.2 Å². The SMILES string of the molecule is Cc1[nH]ncc1[C@H]1CN(c2ccnc(-c3cnc4ccc(C(F)(F)F)cn34)n2)C[C@H](C)O1. The molecule has 8 nitrogen and oxygen atoms in total. The van der Waals surface area contributed by atoms with Crippen molar-refractivity contribution < 1.29 is 17.9 Å². The molecule has 0 saturated carbocycles. The molecule has 1 saturated heterocycles. The number of pyridine rings is 1. The smallest absolute Gasteiger partial charge is 0.367 e. The summed E-state index contributed by atoms with van der Waals surface area (Å²) in [5, 5.41) is 7.01. The Kier molecular flexibility index (Phi) is 4.85. The molecule has 1 aliphatic heterocycles. The van der Waals surface area contributed by atoms with E-state index in [1.165, 1.54) is 16.7 Å². The summed E-state index contributed by atoms with van der Waals surface area (Å²) in [7, 11) is 0. The fraction of sp³-hybridized carbons (Fsp3) is 0.333. The second kappa shape index (κ2) is 7.59.